The summed E-state index contributed by atoms with van der Waals surface area (Å²) in [6, 6.07) is 0.729. The quantitative estimate of drug-likeness (QED) is 0.828. The fraction of sp³-hybridized carbons (Fsp3) is 0.364. The molecule has 1 atom stereocenters. The lowest BCUT2D eigenvalue weighted by atomic mass is 10.1. The zero-order chi connectivity index (χ0) is 14.4. The average Bonchev–Trinajstić information content (AvgIpc) is 2.25. The maximum absolute atomic E-state index is 12.9. The molecule has 19 heavy (non-hydrogen) atoms. The van der Waals surface area contributed by atoms with Crippen LogP contribution in [0.2, 0.25) is 0 Å². The van der Waals surface area contributed by atoms with Crippen LogP contribution in [0.25, 0.3) is 11.0 Å². The summed E-state index contributed by atoms with van der Waals surface area (Å²) in [5.74, 6) is 0.192. The SMILES string of the molecule is Cc1nc2cc(C(F)(F)F)c(C(C)O)nc2c(=O)[nH]1. The number of aliphatic hydroxyl groups excluding tert-OH is 1. The Bertz CT molecular complexity index is 692. The maximum atomic E-state index is 12.9. The molecular weight excluding hydrogens is 263 g/mol. The van der Waals surface area contributed by atoms with Gasteiger partial charge in [0.15, 0.2) is 5.52 Å². The molecule has 0 aliphatic carbocycles. The number of aryl methyl sites for hydroxylation is 1. The van der Waals surface area contributed by atoms with Crippen LogP contribution in [-0.4, -0.2) is 20.1 Å². The molecule has 0 aromatic carbocycles. The van der Waals surface area contributed by atoms with E-state index < -0.39 is 29.1 Å². The van der Waals surface area contributed by atoms with Crippen molar-refractivity contribution in [3.8, 4) is 0 Å². The highest BCUT2D eigenvalue weighted by molar-refractivity contribution is 5.74. The highest BCUT2D eigenvalue weighted by Crippen LogP contribution is 2.34. The number of halogens is 3. The molecule has 0 bridgehead atoms. The summed E-state index contributed by atoms with van der Waals surface area (Å²) in [7, 11) is 0. The van der Waals surface area contributed by atoms with Crippen molar-refractivity contribution in [3.05, 3.63) is 33.5 Å². The Hall–Kier alpha value is -1.96. The molecule has 2 N–H and O–H groups in total. The summed E-state index contributed by atoms with van der Waals surface area (Å²) in [4.78, 5) is 21.4. The van der Waals surface area contributed by atoms with E-state index in [2.05, 4.69) is 15.0 Å². The van der Waals surface area contributed by atoms with Crippen LogP contribution < -0.4 is 5.56 Å². The molecule has 0 saturated carbocycles. The minimum Gasteiger partial charge on any atom is -0.387 e. The van der Waals surface area contributed by atoms with E-state index in [9.17, 15) is 23.1 Å². The molecule has 0 spiro atoms. The van der Waals surface area contributed by atoms with Crippen molar-refractivity contribution in [2.75, 3.05) is 0 Å². The maximum Gasteiger partial charge on any atom is 0.418 e. The predicted octanol–water partition coefficient (Wildman–Crippen LogP) is 1.70. The van der Waals surface area contributed by atoms with Crippen LogP contribution in [0.3, 0.4) is 0 Å². The van der Waals surface area contributed by atoms with Gasteiger partial charge in [0.05, 0.1) is 22.9 Å². The predicted molar refractivity (Wildman–Crippen MR) is 60.5 cm³/mol. The van der Waals surface area contributed by atoms with Gasteiger partial charge in [-0.15, -0.1) is 0 Å². The van der Waals surface area contributed by atoms with Crippen LogP contribution in [0.15, 0.2) is 10.9 Å². The lowest BCUT2D eigenvalue weighted by molar-refractivity contribution is -0.139. The third kappa shape index (κ3) is 2.43. The number of H-pyrrole nitrogens is 1. The van der Waals surface area contributed by atoms with E-state index in [0.717, 1.165) is 13.0 Å². The molecule has 2 heterocycles. The summed E-state index contributed by atoms with van der Waals surface area (Å²) in [5.41, 5.74) is -2.70. The number of aromatic nitrogens is 3. The Morgan fingerprint density at radius 1 is 1.37 bits per heavy atom. The number of nitrogens with zero attached hydrogens (tertiary/aromatic N) is 2. The van der Waals surface area contributed by atoms with Crippen molar-refractivity contribution in [1.29, 1.82) is 0 Å². The number of fused-ring (bicyclic) bond motifs is 1. The molecule has 2 aromatic heterocycles. The second kappa shape index (κ2) is 4.30. The van der Waals surface area contributed by atoms with Crippen molar-refractivity contribution >= 4 is 11.0 Å². The van der Waals surface area contributed by atoms with Gasteiger partial charge in [0.2, 0.25) is 0 Å². The Morgan fingerprint density at radius 3 is 2.53 bits per heavy atom. The first kappa shape index (κ1) is 13.5. The van der Waals surface area contributed by atoms with Gasteiger partial charge in [0, 0.05) is 0 Å². The van der Waals surface area contributed by atoms with Gasteiger partial charge in [0.1, 0.15) is 5.82 Å². The molecule has 0 fully saturated rings. The van der Waals surface area contributed by atoms with Crippen molar-refractivity contribution in [3.63, 3.8) is 0 Å². The molecule has 8 heteroatoms. The smallest absolute Gasteiger partial charge is 0.387 e. The number of rotatable bonds is 1. The number of hydrogen-bond donors (Lipinski definition) is 2. The first-order valence-corrected chi connectivity index (χ1v) is 5.37. The molecular formula is C11H10F3N3O2. The van der Waals surface area contributed by atoms with Crippen molar-refractivity contribution < 1.29 is 18.3 Å². The van der Waals surface area contributed by atoms with Gasteiger partial charge >= 0.3 is 6.18 Å². The van der Waals surface area contributed by atoms with Gasteiger partial charge in [0.25, 0.3) is 5.56 Å². The first-order chi connectivity index (χ1) is 8.70. The van der Waals surface area contributed by atoms with Gasteiger partial charge in [-0.25, -0.2) is 9.97 Å². The zero-order valence-electron chi connectivity index (χ0n) is 10.0. The molecule has 0 amide bonds. The number of alkyl halides is 3. The Balaban J connectivity index is 2.89. The number of nitrogens with one attached hydrogen (secondary N) is 1. The summed E-state index contributed by atoms with van der Waals surface area (Å²) >= 11 is 0. The van der Waals surface area contributed by atoms with E-state index in [1.54, 1.807) is 0 Å². The third-order valence-corrected chi connectivity index (χ3v) is 2.53. The number of aliphatic hydroxyl groups is 1. The van der Waals surface area contributed by atoms with Crippen molar-refractivity contribution in [1.82, 2.24) is 15.0 Å². The summed E-state index contributed by atoms with van der Waals surface area (Å²) in [6.45, 7) is 2.61. The molecule has 2 aromatic rings. The highest BCUT2D eigenvalue weighted by atomic mass is 19.4. The van der Waals surface area contributed by atoms with Crippen molar-refractivity contribution in [2.24, 2.45) is 0 Å². The molecule has 2 rings (SSSR count). The minimum absolute atomic E-state index is 0.155. The molecule has 0 aliphatic rings. The normalized spacial score (nSPS) is 13.8. The molecule has 5 nitrogen and oxygen atoms in total. The third-order valence-electron chi connectivity index (χ3n) is 2.53. The Morgan fingerprint density at radius 2 is 2.00 bits per heavy atom. The van der Waals surface area contributed by atoms with Crippen LogP contribution in [0, 0.1) is 6.92 Å². The first-order valence-electron chi connectivity index (χ1n) is 5.37. The van der Waals surface area contributed by atoms with E-state index in [-0.39, 0.29) is 16.9 Å². The van der Waals surface area contributed by atoms with Gasteiger partial charge in [-0.2, -0.15) is 13.2 Å². The van der Waals surface area contributed by atoms with E-state index in [1.807, 2.05) is 0 Å². The number of aromatic amines is 1. The lowest BCUT2D eigenvalue weighted by Gasteiger charge is -2.14. The van der Waals surface area contributed by atoms with Crippen molar-refractivity contribution in [2.45, 2.75) is 26.1 Å². The van der Waals surface area contributed by atoms with E-state index in [0.29, 0.717) is 0 Å². The highest BCUT2D eigenvalue weighted by Gasteiger charge is 2.36. The monoisotopic (exact) mass is 273 g/mol. The molecule has 0 saturated heterocycles. The molecule has 0 radical (unpaired) electrons. The van der Waals surface area contributed by atoms with Gasteiger partial charge in [-0.3, -0.25) is 4.79 Å². The van der Waals surface area contributed by atoms with E-state index >= 15 is 0 Å². The zero-order valence-corrected chi connectivity index (χ0v) is 10.0. The molecule has 1 unspecified atom stereocenters. The Kier molecular flexibility index (Phi) is 3.05. The van der Waals surface area contributed by atoms with Crippen LogP contribution in [0.5, 0.6) is 0 Å². The van der Waals surface area contributed by atoms with Crippen LogP contribution in [0.1, 0.15) is 30.1 Å². The van der Waals surface area contributed by atoms with Gasteiger partial charge in [-0.05, 0) is 19.9 Å². The van der Waals surface area contributed by atoms with Crippen LogP contribution in [-0.2, 0) is 6.18 Å². The minimum atomic E-state index is -4.67. The average molecular weight is 273 g/mol. The number of hydrogen-bond acceptors (Lipinski definition) is 4. The summed E-state index contributed by atoms with van der Waals surface area (Å²) < 4.78 is 38.6. The topological polar surface area (TPSA) is 78.9 Å². The number of pyridine rings is 1. The summed E-state index contributed by atoms with van der Waals surface area (Å²) in [5, 5.41) is 9.38. The molecule has 102 valence electrons. The second-order valence-electron chi connectivity index (χ2n) is 4.11. The summed E-state index contributed by atoms with van der Waals surface area (Å²) in [6.07, 6.45) is -6.12. The standard InChI is InChI=1S/C11H10F3N3O2/c1-4(18)8-6(11(12,13)14)3-7-9(17-8)10(19)16-5(2)15-7/h3-4,18H,1-2H3,(H,15,16,19). The largest absolute Gasteiger partial charge is 0.418 e. The van der Waals surface area contributed by atoms with Gasteiger partial charge in [-0.1, -0.05) is 0 Å². The van der Waals surface area contributed by atoms with Crippen LogP contribution in [0.4, 0.5) is 13.2 Å². The van der Waals surface area contributed by atoms with Gasteiger partial charge < -0.3 is 10.1 Å². The van der Waals surface area contributed by atoms with E-state index in [4.69, 9.17) is 0 Å². The lowest BCUT2D eigenvalue weighted by Crippen LogP contribution is -2.17. The fourth-order valence-electron chi connectivity index (χ4n) is 1.75. The fourth-order valence-corrected chi connectivity index (χ4v) is 1.75. The van der Waals surface area contributed by atoms with E-state index in [1.165, 1.54) is 6.92 Å². The molecule has 0 aliphatic heterocycles. The van der Waals surface area contributed by atoms with Crippen LogP contribution >= 0.6 is 0 Å². The Labute approximate surface area is 105 Å². The second-order valence-corrected chi connectivity index (χ2v) is 4.11.